The van der Waals surface area contributed by atoms with Crippen LogP contribution >= 0.6 is 0 Å². The van der Waals surface area contributed by atoms with E-state index < -0.39 is 22.8 Å². The van der Waals surface area contributed by atoms with E-state index in [4.69, 9.17) is 18.9 Å². The molecule has 0 aromatic rings. The van der Waals surface area contributed by atoms with Gasteiger partial charge in [-0.05, 0) is 87.5 Å². The number of unbranched alkanes of at least 4 members (excludes halogenated alkanes) is 25. The first kappa shape index (κ1) is 57.8. The second-order valence-corrected chi connectivity index (χ2v) is 21.2. The second-order valence-electron chi connectivity index (χ2n) is 21.2. The van der Waals surface area contributed by atoms with E-state index in [0.29, 0.717) is 0 Å². The Hall–Kier alpha value is -0.160. The Labute approximate surface area is 367 Å². The van der Waals surface area contributed by atoms with E-state index in [1.54, 1.807) is 0 Å². The second kappa shape index (κ2) is 34.3. The van der Waals surface area contributed by atoms with E-state index in [-0.39, 0.29) is 11.7 Å². The first-order chi connectivity index (χ1) is 27.5. The fourth-order valence-corrected chi connectivity index (χ4v) is 8.75. The number of hydrogen-bond donors (Lipinski definition) is 0. The van der Waals surface area contributed by atoms with Crippen LogP contribution in [0.3, 0.4) is 0 Å². The molecule has 0 saturated heterocycles. The predicted molar refractivity (Wildman–Crippen MR) is 257 cm³/mol. The zero-order chi connectivity index (χ0) is 43.7. The van der Waals surface area contributed by atoms with Crippen molar-refractivity contribution in [3.8, 4) is 0 Å². The lowest BCUT2D eigenvalue weighted by atomic mass is 9.95. The molecule has 4 nitrogen and oxygen atoms in total. The van der Waals surface area contributed by atoms with Gasteiger partial charge in [0, 0.05) is 0 Å². The van der Waals surface area contributed by atoms with Gasteiger partial charge in [0.2, 0.25) is 0 Å². The monoisotopic (exact) mass is 823 g/mol. The summed E-state index contributed by atoms with van der Waals surface area (Å²) in [5.41, 5.74) is -1.65. The summed E-state index contributed by atoms with van der Waals surface area (Å²) in [5.74, 6) is -1.33. The Morgan fingerprint density at radius 1 is 0.276 bits per heavy atom. The van der Waals surface area contributed by atoms with Crippen LogP contribution in [0.1, 0.15) is 315 Å². The van der Waals surface area contributed by atoms with E-state index in [2.05, 4.69) is 90.0 Å². The van der Waals surface area contributed by atoms with Crippen molar-refractivity contribution in [1.82, 2.24) is 0 Å². The number of ether oxygens (including phenoxy) is 4. The smallest absolute Gasteiger partial charge is 0.312 e. The summed E-state index contributed by atoms with van der Waals surface area (Å²) in [5, 5.41) is 0. The van der Waals surface area contributed by atoms with E-state index in [9.17, 15) is 0 Å². The minimum atomic E-state index is -1.33. The highest BCUT2D eigenvalue weighted by molar-refractivity contribution is 4.88. The summed E-state index contributed by atoms with van der Waals surface area (Å²) in [7, 11) is 0. The molecule has 0 N–H and O–H groups in total. The lowest BCUT2D eigenvalue weighted by Crippen LogP contribution is -2.62. The molecular formula is C54H110O4. The molecule has 0 radical (unpaired) electrons. The van der Waals surface area contributed by atoms with Gasteiger partial charge in [0.1, 0.15) is 6.10 Å². The van der Waals surface area contributed by atoms with Crippen LogP contribution in [0.2, 0.25) is 0 Å². The Morgan fingerprint density at radius 2 is 0.500 bits per heavy atom. The Bertz CT molecular complexity index is 817. The van der Waals surface area contributed by atoms with Crippen LogP contribution in [0, 0.1) is 0 Å². The highest BCUT2D eigenvalue weighted by Gasteiger charge is 2.54. The van der Waals surface area contributed by atoms with Crippen molar-refractivity contribution in [2.24, 2.45) is 0 Å². The highest BCUT2D eigenvalue weighted by Crippen LogP contribution is 2.43. The first-order valence-corrected chi connectivity index (χ1v) is 26.3. The third-order valence-electron chi connectivity index (χ3n) is 12.5. The molecule has 0 heterocycles. The van der Waals surface area contributed by atoms with Gasteiger partial charge in [0.05, 0.1) is 22.4 Å². The van der Waals surface area contributed by atoms with Gasteiger partial charge in [0.15, 0.2) is 0 Å². The Morgan fingerprint density at radius 3 is 0.776 bits per heavy atom. The zero-order valence-electron chi connectivity index (χ0n) is 42.5. The predicted octanol–water partition coefficient (Wildman–Crippen LogP) is 18.9. The summed E-state index contributed by atoms with van der Waals surface area (Å²) in [6, 6.07) is 0. The highest BCUT2D eigenvalue weighted by atomic mass is 16.9. The molecule has 0 spiro atoms. The molecule has 0 aliphatic carbocycles. The molecule has 1 unspecified atom stereocenters. The average Bonchev–Trinajstić information content (AvgIpc) is 3.14. The van der Waals surface area contributed by atoms with Gasteiger partial charge >= 0.3 is 5.97 Å². The molecule has 1 atom stereocenters. The molecular weight excluding hydrogens is 713 g/mol. The van der Waals surface area contributed by atoms with Crippen LogP contribution in [0.5, 0.6) is 0 Å². The zero-order valence-corrected chi connectivity index (χ0v) is 42.5. The minimum absolute atomic E-state index is 0.324. The van der Waals surface area contributed by atoms with E-state index in [1.807, 2.05) is 0 Å². The van der Waals surface area contributed by atoms with Crippen LogP contribution < -0.4 is 0 Å². The number of hydrogen-bond acceptors (Lipinski definition) is 4. The normalized spacial score (nSPS) is 13.8. The van der Waals surface area contributed by atoms with Crippen molar-refractivity contribution in [3.05, 3.63) is 0 Å². The number of rotatable bonds is 44. The van der Waals surface area contributed by atoms with E-state index in [0.717, 1.165) is 57.8 Å². The maximum absolute atomic E-state index is 7.65. The van der Waals surface area contributed by atoms with Gasteiger partial charge in [-0.25, -0.2) is 0 Å². The molecule has 0 amide bonds. The van der Waals surface area contributed by atoms with E-state index >= 15 is 0 Å². The van der Waals surface area contributed by atoms with Gasteiger partial charge in [-0.3, -0.25) is 0 Å². The van der Waals surface area contributed by atoms with Gasteiger partial charge in [-0.2, -0.15) is 0 Å². The third kappa shape index (κ3) is 31.7. The largest absolute Gasteiger partial charge is 0.364 e. The van der Waals surface area contributed by atoms with Crippen LogP contribution in [-0.4, -0.2) is 34.5 Å². The third-order valence-corrected chi connectivity index (χ3v) is 12.5. The molecule has 0 saturated carbocycles. The van der Waals surface area contributed by atoms with E-state index in [1.165, 1.54) is 167 Å². The van der Waals surface area contributed by atoms with Crippen LogP contribution in [-0.2, 0) is 18.9 Å². The van der Waals surface area contributed by atoms with Gasteiger partial charge in [-0.1, -0.05) is 227 Å². The molecule has 58 heavy (non-hydrogen) atoms. The molecule has 0 aromatic carbocycles. The Balaban J connectivity index is 7.02. The molecule has 0 aliphatic rings. The van der Waals surface area contributed by atoms with Crippen molar-refractivity contribution in [2.75, 3.05) is 0 Å². The van der Waals surface area contributed by atoms with Crippen LogP contribution in [0.15, 0.2) is 0 Å². The van der Waals surface area contributed by atoms with Gasteiger partial charge in [0.25, 0.3) is 0 Å². The van der Waals surface area contributed by atoms with Crippen molar-refractivity contribution in [1.29, 1.82) is 0 Å². The molecule has 0 bridgehead atoms. The summed E-state index contributed by atoms with van der Waals surface area (Å²) < 4.78 is 30.5. The average molecular weight is 823 g/mol. The maximum Gasteiger partial charge on any atom is 0.312 e. The maximum atomic E-state index is 7.65. The first-order valence-electron chi connectivity index (χ1n) is 26.3. The van der Waals surface area contributed by atoms with Crippen molar-refractivity contribution in [3.63, 3.8) is 0 Å². The molecule has 0 rings (SSSR count). The summed E-state index contributed by atoms with van der Waals surface area (Å²) in [6.07, 6.45) is 42.6. The van der Waals surface area contributed by atoms with Crippen molar-refractivity contribution in [2.45, 2.75) is 349 Å². The van der Waals surface area contributed by atoms with Crippen molar-refractivity contribution >= 4 is 0 Å². The Kier molecular flexibility index (Phi) is 34.2. The van der Waals surface area contributed by atoms with Crippen LogP contribution in [0.25, 0.3) is 0 Å². The van der Waals surface area contributed by atoms with Gasteiger partial charge in [-0.15, -0.1) is 0 Å². The topological polar surface area (TPSA) is 36.9 Å². The lowest BCUT2D eigenvalue weighted by Gasteiger charge is -2.51. The summed E-state index contributed by atoms with van der Waals surface area (Å²) in [6.45, 7) is 29.9. The van der Waals surface area contributed by atoms with Crippen LogP contribution in [0.4, 0.5) is 0 Å². The molecule has 0 aromatic heterocycles. The fourth-order valence-electron chi connectivity index (χ4n) is 8.75. The van der Waals surface area contributed by atoms with Gasteiger partial charge < -0.3 is 18.9 Å². The SMILES string of the molecule is CCCCCCCCC(OC(C)(C)CCCCCCCC)C(OC(C)(C)CCCCCCCC)(OC(C)(C)CCCCCCCC)OC(C)(C)CCCCCCCC. The fraction of sp³-hybridized carbons (Fsp3) is 1.00. The molecule has 0 fully saturated rings. The summed E-state index contributed by atoms with van der Waals surface area (Å²) in [4.78, 5) is 0. The molecule has 4 heteroatoms. The minimum Gasteiger partial charge on any atom is -0.364 e. The molecule has 0 aliphatic heterocycles. The standard InChI is InChI=1S/C54H110O4/c1-14-19-24-29-34-39-44-49(55-50(6,7)45-40-35-30-25-20-15-2)54(56-51(8,9)46-41-36-31-26-21-16-3,57-52(10,11)47-42-37-32-27-22-17-4)58-53(12,13)48-43-38-33-28-23-18-5/h49H,14-48H2,1-13H3. The lowest BCUT2D eigenvalue weighted by molar-refractivity contribution is -0.486. The summed E-state index contributed by atoms with van der Waals surface area (Å²) >= 11 is 0. The van der Waals surface area contributed by atoms with Crippen molar-refractivity contribution < 1.29 is 18.9 Å². The quantitative estimate of drug-likeness (QED) is 0.0453. The molecule has 350 valence electrons.